The normalized spacial score (nSPS) is 29.8. The molecule has 15 aliphatic heterocycles. The minimum Gasteiger partial charge on any atom is -0.465 e. The van der Waals surface area contributed by atoms with E-state index in [1.165, 1.54) is 150 Å². The van der Waals surface area contributed by atoms with Gasteiger partial charge in [-0.1, -0.05) is 235 Å². The van der Waals surface area contributed by atoms with Crippen LogP contribution in [0.3, 0.4) is 0 Å². The third kappa shape index (κ3) is 74.8. The number of cyclic esters (lactones) is 2. The Bertz CT molecular complexity index is 3500. The molecule has 5 atom stereocenters. The van der Waals surface area contributed by atoms with Crippen molar-refractivity contribution in [3.8, 4) is 0 Å². The molecule has 24 heteroatoms. The first-order valence-electron chi connectivity index (χ1n) is 56.0. The van der Waals surface area contributed by atoms with Crippen molar-refractivity contribution in [2.24, 2.45) is 92.1 Å². The van der Waals surface area contributed by atoms with Crippen molar-refractivity contribution in [1.29, 1.82) is 0 Å². The van der Waals surface area contributed by atoms with E-state index in [9.17, 15) is 40.2 Å². The highest BCUT2D eigenvalue weighted by Gasteiger charge is 2.39. The van der Waals surface area contributed by atoms with Gasteiger partial charge >= 0.3 is 11.9 Å². The van der Waals surface area contributed by atoms with Crippen LogP contribution in [0.1, 0.15) is 469 Å². The molecule has 15 saturated heterocycles. The molecule has 0 aromatic rings. The Labute approximate surface area is 898 Å². The Morgan fingerprint density at radius 1 is 0.280 bits per heavy atom. The van der Waals surface area contributed by atoms with E-state index in [0.29, 0.717) is 155 Å². The van der Waals surface area contributed by atoms with Crippen molar-refractivity contribution < 1.29 is 82.9 Å². The summed E-state index contributed by atoms with van der Waals surface area (Å²) in [7, 11) is -5.80. The molecule has 0 aromatic carbocycles. The van der Waals surface area contributed by atoms with E-state index in [0.717, 1.165) is 155 Å². The van der Waals surface area contributed by atoms with Crippen molar-refractivity contribution >= 4 is 89.3 Å². The first-order valence-corrected chi connectivity index (χ1v) is 64.6. The SMILES string of the molecule is CC1(C)CCC(=O)C1.CC1(C)CCC(=O)CC1.CC1(C)CCC(=O)OC1.CC1(C)CCCOCC1.CC1(C)CCCSCC1.CC1(C)CCOC1.CC1(C)CCOCC1.CC1(C)CCS(=O)(=O)C1.CC1(C)CCS(=O)(=O)CC1.CC1(C)CCS(=O)C1.CC1(C)CCSC1.CC1(C)CCSCC1.CC1(C)COC(=O)C1.CC1CC(C)(C)CCO1.CC1CC(C)(C)CCO1.CC1CC(C)(C)CO1.CC1OCCC1(C)C. The predicted octanol–water partition coefficient (Wildman–Crippen LogP) is 30.6. The van der Waals surface area contributed by atoms with Crippen LogP contribution in [0.25, 0.3) is 0 Å². The lowest BCUT2D eigenvalue weighted by Crippen LogP contribution is -2.28. The molecule has 5 unspecified atom stereocenters. The van der Waals surface area contributed by atoms with E-state index in [-0.39, 0.29) is 33.6 Å². The Kier molecular flexibility index (Phi) is 62.7. The minimum atomic E-state index is -2.65. The molecule has 0 bridgehead atoms. The highest BCUT2D eigenvalue weighted by Crippen LogP contribution is 2.42. The quantitative estimate of drug-likeness (QED) is 0.205. The van der Waals surface area contributed by atoms with Crippen LogP contribution in [0.15, 0.2) is 0 Å². The fourth-order valence-corrected chi connectivity index (χ4v) is 28.8. The summed E-state index contributed by atoms with van der Waals surface area (Å²) in [6, 6.07) is 0. The van der Waals surface area contributed by atoms with Crippen LogP contribution in [0.2, 0.25) is 0 Å². The van der Waals surface area contributed by atoms with E-state index >= 15 is 0 Å². The molecule has 18 nitrogen and oxygen atoms in total. The smallest absolute Gasteiger partial charge is 0.306 e. The highest BCUT2D eigenvalue weighted by atomic mass is 32.2. The third-order valence-electron chi connectivity index (χ3n) is 30.7. The van der Waals surface area contributed by atoms with E-state index in [2.05, 4.69) is 271 Å². The molecule has 0 spiro atoms. The summed E-state index contributed by atoms with van der Waals surface area (Å²) in [5.74, 6) is 12.4. The van der Waals surface area contributed by atoms with Crippen molar-refractivity contribution in [2.45, 2.75) is 493 Å². The molecule has 0 aromatic heterocycles. The molecule has 15 heterocycles. The summed E-state index contributed by atoms with van der Waals surface area (Å²) in [5.41, 5.74) is 7.17. The number of esters is 2. The lowest BCUT2D eigenvalue weighted by molar-refractivity contribution is -0.152. The monoisotopic (exact) mass is 2140 g/mol. The number of ketones is 2. The van der Waals surface area contributed by atoms with Crippen LogP contribution < -0.4 is 0 Å². The summed E-state index contributed by atoms with van der Waals surface area (Å²) < 4.78 is 101. The summed E-state index contributed by atoms with van der Waals surface area (Å²) in [5, 5.41) is 0. The zero-order chi connectivity index (χ0) is 110. The maximum Gasteiger partial charge on any atom is 0.306 e. The molecule has 850 valence electrons. The molecule has 17 fully saturated rings. The van der Waals surface area contributed by atoms with Gasteiger partial charge in [0.1, 0.15) is 21.4 Å². The van der Waals surface area contributed by atoms with Gasteiger partial charge in [0.05, 0.1) is 80.3 Å². The van der Waals surface area contributed by atoms with Gasteiger partial charge in [-0.25, -0.2) is 16.8 Å². The van der Waals surface area contributed by atoms with Gasteiger partial charge in [0.2, 0.25) is 0 Å². The summed E-state index contributed by atoms with van der Waals surface area (Å²) in [6.45, 7) is 95.2. The number of hydrogen-bond donors (Lipinski definition) is 0. The van der Waals surface area contributed by atoms with Gasteiger partial charge in [0.25, 0.3) is 0 Å². The molecular formula is C119H230O18S6. The van der Waals surface area contributed by atoms with Crippen molar-refractivity contribution in [2.75, 3.05) is 148 Å². The second-order valence-electron chi connectivity index (χ2n) is 58.0. The second-order valence-corrected chi connectivity index (χ2v) is 67.6. The molecule has 0 amide bonds. The third-order valence-corrected chi connectivity index (χ3v) is 39.7. The zero-order valence-electron chi connectivity index (χ0n) is 100. The first kappa shape index (κ1) is 140. The van der Waals surface area contributed by atoms with Crippen LogP contribution in [-0.4, -0.2) is 217 Å². The van der Waals surface area contributed by atoms with Gasteiger partial charge in [-0.3, -0.25) is 23.4 Å². The van der Waals surface area contributed by atoms with E-state index in [4.69, 9.17) is 42.6 Å². The minimum absolute atomic E-state index is 0.0405. The van der Waals surface area contributed by atoms with Crippen molar-refractivity contribution in [1.82, 2.24) is 0 Å². The fourth-order valence-electron chi connectivity index (χ4n) is 18.2. The summed E-state index contributed by atoms with van der Waals surface area (Å²) >= 11 is 6.30. The number of thioether (sulfide) groups is 3. The molecule has 0 radical (unpaired) electrons. The number of hydrogen-bond acceptors (Lipinski definition) is 21. The van der Waals surface area contributed by atoms with E-state index in [1.54, 1.807) is 0 Å². The number of Topliss-reactive ketones (excluding diaryl/α,β-unsaturated/α-hetero) is 2. The zero-order valence-corrected chi connectivity index (χ0v) is 105. The number of carbonyl (C=O) groups excluding carboxylic acids is 4. The highest BCUT2D eigenvalue weighted by molar-refractivity contribution is 7.99. The van der Waals surface area contributed by atoms with Gasteiger partial charge < -0.3 is 42.6 Å². The lowest BCUT2D eigenvalue weighted by Gasteiger charge is -2.33. The fraction of sp³-hybridized carbons (Fsp3) is 0.966. The van der Waals surface area contributed by atoms with Gasteiger partial charge in [-0.05, 0) is 316 Å². The van der Waals surface area contributed by atoms with Crippen LogP contribution in [0, 0.1) is 92.1 Å². The Morgan fingerprint density at radius 3 is 0.916 bits per heavy atom. The standard InChI is InChI=1S/2C8H16O.C8H14O.C8H16O.C8H16S.C7H14O2S.C7H12O2.3C7H14O.C7H12O.C7H14S.C6H12O2S.C6H10O2.C6H12OS.C6H12O.C6H12S/c2*1-7-6-8(2,3)4-5-9-7;1-8(2)5-3-7(9)4-6-8;2*1-8(2)4-3-6-9-7-5-8;1-7(2)3-5-10(8,9)6-4-7;1-7(2)4-3-6(8)9-5-7;1-6-4-7(2,3)5-8-6;1-6-7(2,3)4-5-8-6;1-7(2)3-5-8-6-4-7;1-7(2)4-3-6(8)5-7;1-7(2)3-5-8-6-4-7;1-6(2)3-4-9(7,8)5-6;1-6(2)3-5(7)8-4-6;1-6(2)3-4-8(7)5-6;2*1-6(2)3-4-7-5-6/h2*7H,4-6H2,1-3H3;3-6H2,1-2H3;2*3-7H2,1-2H3;3-6H2,1-2H3;3-5H2,1-2H3;2*6H,4-5H2,1-3H3;3-6H2,1-2H3;3-5H2,1-2H3;3-6H2,1-2H3;3-5H2,1-2H3;3-4H2,1-2H3;3-5H2,1-2H3;2*3-5H2,1-2H3. The summed E-state index contributed by atoms with van der Waals surface area (Å²) in [4.78, 5) is 42.4. The molecule has 0 N–H and O–H groups in total. The average molecular weight is 2140 g/mol. The van der Waals surface area contributed by atoms with Crippen LogP contribution >= 0.6 is 35.3 Å². The van der Waals surface area contributed by atoms with E-state index < -0.39 is 30.5 Å². The Balaban J connectivity index is 0.000000760. The Morgan fingerprint density at radius 2 is 0.657 bits per heavy atom. The number of ether oxygens (including phenoxy) is 9. The largest absolute Gasteiger partial charge is 0.465 e. The van der Waals surface area contributed by atoms with Crippen molar-refractivity contribution in [3.63, 3.8) is 0 Å². The Hall–Kier alpha value is -0.900. The topological polar surface area (TPSA) is 237 Å². The van der Waals surface area contributed by atoms with Crippen molar-refractivity contribution in [3.05, 3.63) is 0 Å². The lowest BCUT2D eigenvalue weighted by atomic mass is 9.77. The number of sulfone groups is 2. The first-order chi connectivity index (χ1) is 65.0. The summed E-state index contributed by atoms with van der Waals surface area (Å²) in [6.07, 6.45) is 37.5. The molecule has 2 saturated carbocycles. The van der Waals surface area contributed by atoms with Crippen LogP contribution in [0.4, 0.5) is 0 Å². The predicted molar refractivity (Wildman–Crippen MR) is 615 cm³/mol. The molecule has 17 aliphatic rings. The van der Waals surface area contributed by atoms with Gasteiger partial charge in [0, 0.05) is 113 Å². The second kappa shape index (κ2) is 64.0. The van der Waals surface area contributed by atoms with E-state index in [1.807, 2.05) is 27.7 Å². The molecule has 143 heavy (non-hydrogen) atoms. The number of carbonyl (C=O) groups is 4. The van der Waals surface area contributed by atoms with Gasteiger partial charge in [0.15, 0.2) is 9.84 Å². The maximum absolute atomic E-state index is 10.9. The molecule has 17 rings (SSSR count). The van der Waals surface area contributed by atoms with Gasteiger partial charge in [-0.2, -0.15) is 35.3 Å². The average Bonchev–Trinajstić information content (AvgIpc) is 1.54. The molecular weight excluding hydrogens is 1910 g/mol. The van der Waals surface area contributed by atoms with Gasteiger partial charge in [-0.15, -0.1) is 0 Å². The number of rotatable bonds is 0. The maximum atomic E-state index is 10.9. The van der Waals surface area contributed by atoms with Crippen LogP contribution in [-0.2, 0) is 92.3 Å². The molecule has 2 aliphatic carbocycles. The van der Waals surface area contributed by atoms with Crippen LogP contribution in [0.5, 0.6) is 0 Å².